The largest absolute Gasteiger partial charge is 0.507 e. The molecule has 0 radical (unpaired) electrons. The molecule has 3 rings (SSSR count). The number of methoxy groups -OCH3 is 1. The number of benzene rings is 1. The van der Waals surface area contributed by atoms with Crippen LogP contribution in [0.3, 0.4) is 0 Å². The van der Waals surface area contributed by atoms with E-state index in [2.05, 4.69) is 23.8 Å². The van der Waals surface area contributed by atoms with Crippen molar-refractivity contribution in [3.63, 3.8) is 0 Å². The standard InChI is InChI=1S/C16H15ClN2O2S/c1-8(2)11-7-22-16(19-11)10-6-12(20)9-4-5-13(21-3)14(17)15(9)18-10/h4-8H,1-3H3,(H,18,20). The molecule has 6 heteroatoms. The quantitative estimate of drug-likeness (QED) is 0.744. The number of nitrogens with zero attached hydrogens (tertiary/aromatic N) is 2. The van der Waals surface area contributed by atoms with Crippen LogP contribution in [-0.4, -0.2) is 22.2 Å². The van der Waals surface area contributed by atoms with Crippen molar-refractivity contribution in [2.75, 3.05) is 7.11 Å². The van der Waals surface area contributed by atoms with Gasteiger partial charge in [-0.05, 0) is 18.1 Å². The van der Waals surface area contributed by atoms with Crippen LogP contribution in [0.15, 0.2) is 23.6 Å². The van der Waals surface area contributed by atoms with Crippen LogP contribution in [0.25, 0.3) is 21.6 Å². The highest BCUT2D eigenvalue weighted by atomic mass is 35.5. The molecule has 0 amide bonds. The summed E-state index contributed by atoms with van der Waals surface area (Å²) in [5.74, 6) is 1.01. The third kappa shape index (κ3) is 2.51. The average molecular weight is 335 g/mol. The second-order valence-electron chi connectivity index (χ2n) is 5.24. The monoisotopic (exact) mass is 334 g/mol. The minimum absolute atomic E-state index is 0.130. The first-order chi connectivity index (χ1) is 10.5. The van der Waals surface area contributed by atoms with Crippen LogP contribution in [0.1, 0.15) is 25.5 Å². The van der Waals surface area contributed by atoms with E-state index in [0.29, 0.717) is 33.3 Å². The van der Waals surface area contributed by atoms with Gasteiger partial charge in [-0.2, -0.15) is 0 Å². The van der Waals surface area contributed by atoms with Crippen molar-refractivity contribution in [3.05, 3.63) is 34.3 Å². The predicted octanol–water partition coefficient (Wildman–Crippen LogP) is 4.85. The highest BCUT2D eigenvalue weighted by Crippen LogP contribution is 2.38. The Morgan fingerprint density at radius 2 is 2.05 bits per heavy atom. The average Bonchev–Trinajstić information content (AvgIpc) is 2.98. The van der Waals surface area contributed by atoms with E-state index in [1.54, 1.807) is 25.3 Å². The third-order valence-corrected chi connectivity index (χ3v) is 4.66. The van der Waals surface area contributed by atoms with E-state index in [-0.39, 0.29) is 5.75 Å². The van der Waals surface area contributed by atoms with Crippen LogP contribution in [0.5, 0.6) is 11.5 Å². The Morgan fingerprint density at radius 3 is 2.68 bits per heavy atom. The molecule has 22 heavy (non-hydrogen) atoms. The number of ether oxygens (including phenoxy) is 1. The summed E-state index contributed by atoms with van der Waals surface area (Å²) in [4.78, 5) is 9.13. The third-order valence-electron chi connectivity index (χ3n) is 3.41. The smallest absolute Gasteiger partial charge is 0.142 e. The minimum Gasteiger partial charge on any atom is -0.507 e. The Morgan fingerprint density at radius 1 is 1.27 bits per heavy atom. The number of thiazole rings is 1. The van der Waals surface area contributed by atoms with Crippen LogP contribution in [0.4, 0.5) is 0 Å². The predicted molar refractivity (Wildman–Crippen MR) is 90.2 cm³/mol. The molecule has 2 heterocycles. The molecule has 4 nitrogen and oxygen atoms in total. The first kappa shape index (κ1) is 15.1. The molecule has 1 N–H and O–H groups in total. The summed E-state index contributed by atoms with van der Waals surface area (Å²) in [5, 5.41) is 14.0. The summed E-state index contributed by atoms with van der Waals surface area (Å²) in [6.07, 6.45) is 0. The van der Waals surface area contributed by atoms with Gasteiger partial charge < -0.3 is 9.84 Å². The highest BCUT2D eigenvalue weighted by molar-refractivity contribution is 7.13. The zero-order chi connectivity index (χ0) is 15.9. The molecular weight excluding hydrogens is 320 g/mol. The Labute approximate surface area is 137 Å². The number of rotatable bonds is 3. The van der Waals surface area contributed by atoms with Gasteiger partial charge in [-0.1, -0.05) is 25.4 Å². The Balaban J connectivity index is 2.20. The van der Waals surface area contributed by atoms with Crippen LogP contribution in [0.2, 0.25) is 5.02 Å². The summed E-state index contributed by atoms with van der Waals surface area (Å²) in [5.41, 5.74) is 2.13. The van der Waals surface area contributed by atoms with Gasteiger partial charge in [0.05, 0.1) is 18.3 Å². The molecule has 0 saturated carbocycles. The molecule has 0 aliphatic carbocycles. The summed E-state index contributed by atoms with van der Waals surface area (Å²) >= 11 is 7.82. The van der Waals surface area contributed by atoms with Gasteiger partial charge in [-0.3, -0.25) is 0 Å². The maximum Gasteiger partial charge on any atom is 0.142 e. The summed E-state index contributed by atoms with van der Waals surface area (Å²) < 4.78 is 5.21. The second kappa shape index (κ2) is 5.74. The number of halogens is 1. The Hall–Kier alpha value is -1.85. The summed E-state index contributed by atoms with van der Waals surface area (Å²) in [6.45, 7) is 4.18. The van der Waals surface area contributed by atoms with Gasteiger partial charge in [0.1, 0.15) is 27.2 Å². The van der Waals surface area contributed by atoms with Crippen molar-refractivity contribution in [1.29, 1.82) is 0 Å². The van der Waals surface area contributed by atoms with Crippen molar-refractivity contribution < 1.29 is 9.84 Å². The second-order valence-corrected chi connectivity index (χ2v) is 6.47. The Kier molecular flexibility index (Phi) is 3.93. The van der Waals surface area contributed by atoms with E-state index in [1.165, 1.54) is 11.3 Å². The van der Waals surface area contributed by atoms with Gasteiger partial charge in [0, 0.05) is 16.8 Å². The van der Waals surface area contributed by atoms with Gasteiger partial charge >= 0.3 is 0 Å². The molecule has 0 unspecified atom stereocenters. The molecule has 0 saturated heterocycles. The highest BCUT2D eigenvalue weighted by Gasteiger charge is 2.15. The van der Waals surface area contributed by atoms with E-state index in [9.17, 15) is 5.11 Å². The molecule has 0 aliphatic heterocycles. The van der Waals surface area contributed by atoms with E-state index < -0.39 is 0 Å². The molecular formula is C16H15ClN2O2S. The number of fused-ring (bicyclic) bond motifs is 1. The first-order valence-electron chi connectivity index (χ1n) is 6.83. The van der Waals surface area contributed by atoms with Gasteiger partial charge in [-0.25, -0.2) is 9.97 Å². The molecule has 0 fully saturated rings. The van der Waals surface area contributed by atoms with Gasteiger partial charge in [-0.15, -0.1) is 11.3 Å². The lowest BCUT2D eigenvalue weighted by Crippen LogP contribution is -1.91. The molecule has 1 aromatic carbocycles. The fourth-order valence-corrected chi connectivity index (χ4v) is 3.38. The van der Waals surface area contributed by atoms with Crippen molar-refractivity contribution in [3.8, 4) is 22.2 Å². The number of aromatic nitrogens is 2. The molecule has 0 aliphatic rings. The number of hydrogen-bond donors (Lipinski definition) is 1. The molecule has 0 atom stereocenters. The van der Waals surface area contributed by atoms with Crippen molar-refractivity contribution in [2.45, 2.75) is 19.8 Å². The van der Waals surface area contributed by atoms with Crippen molar-refractivity contribution >= 4 is 33.8 Å². The van der Waals surface area contributed by atoms with E-state index in [1.807, 2.05) is 5.38 Å². The maximum atomic E-state index is 10.3. The lowest BCUT2D eigenvalue weighted by molar-refractivity contribution is 0.415. The first-order valence-corrected chi connectivity index (χ1v) is 8.09. The van der Waals surface area contributed by atoms with Gasteiger partial charge in [0.15, 0.2) is 0 Å². The van der Waals surface area contributed by atoms with Crippen LogP contribution >= 0.6 is 22.9 Å². The van der Waals surface area contributed by atoms with E-state index in [0.717, 1.165) is 10.7 Å². The molecule has 114 valence electrons. The Bertz CT molecular complexity index is 846. The fourth-order valence-electron chi connectivity index (χ4n) is 2.16. The van der Waals surface area contributed by atoms with Crippen molar-refractivity contribution in [2.24, 2.45) is 0 Å². The molecule has 2 aromatic heterocycles. The maximum absolute atomic E-state index is 10.3. The lowest BCUT2D eigenvalue weighted by atomic mass is 10.1. The van der Waals surface area contributed by atoms with Crippen LogP contribution in [0, 0.1) is 0 Å². The van der Waals surface area contributed by atoms with Gasteiger partial charge in [0.25, 0.3) is 0 Å². The summed E-state index contributed by atoms with van der Waals surface area (Å²) in [6, 6.07) is 5.08. The number of pyridine rings is 1. The summed E-state index contributed by atoms with van der Waals surface area (Å²) in [7, 11) is 1.55. The van der Waals surface area contributed by atoms with E-state index >= 15 is 0 Å². The zero-order valence-corrected chi connectivity index (χ0v) is 14.0. The lowest BCUT2D eigenvalue weighted by Gasteiger charge is -2.08. The van der Waals surface area contributed by atoms with Gasteiger partial charge in [0.2, 0.25) is 0 Å². The molecule has 0 spiro atoms. The van der Waals surface area contributed by atoms with Crippen LogP contribution in [-0.2, 0) is 0 Å². The fraction of sp³-hybridized carbons (Fsp3) is 0.250. The minimum atomic E-state index is 0.130. The van der Waals surface area contributed by atoms with E-state index in [4.69, 9.17) is 16.3 Å². The number of aromatic hydroxyl groups is 1. The molecule has 3 aromatic rings. The zero-order valence-electron chi connectivity index (χ0n) is 12.4. The van der Waals surface area contributed by atoms with Crippen molar-refractivity contribution in [1.82, 2.24) is 9.97 Å². The normalized spacial score (nSPS) is 11.3. The van der Waals surface area contributed by atoms with Crippen LogP contribution < -0.4 is 4.74 Å². The number of hydrogen-bond acceptors (Lipinski definition) is 5. The molecule has 0 bridgehead atoms. The topological polar surface area (TPSA) is 55.2 Å². The SMILES string of the molecule is COc1ccc2c(O)cc(-c3nc(C(C)C)cs3)nc2c1Cl.